The molecule has 1 amide bonds. The van der Waals surface area contributed by atoms with Crippen molar-refractivity contribution in [2.45, 2.75) is 31.7 Å². The van der Waals surface area contributed by atoms with Crippen molar-refractivity contribution in [2.75, 3.05) is 38.3 Å². The van der Waals surface area contributed by atoms with Crippen molar-refractivity contribution < 1.29 is 18.8 Å². The highest BCUT2D eigenvalue weighted by molar-refractivity contribution is 5.92. The first-order valence-electron chi connectivity index (χ1n) is 10.5. The molecule has 0 spiro atoms. The summed E-state index contributed by atoms with van der Waals surface area (Å²) in [5.41, 5.74) is 8.34. The number of nitrogens with one attached hydrogen (secondary N) is 3. The second kappa shape index (κ2) is 8.25. The Hall–Kier alpha value is -2.62. The minimum atomic E-state index is -0.0190. The Kier molecular flexibility index (Phi) is 5.32. The Balaban J connectivity index is 1.18. The van der Waals surface area contributed by atoms with Crippen LogP contribution in [0.2, 0.25) is 0 Å². The number of likely N-dealkylation sites (tertiary alicyclic amines) is 1. The Morgan fingerprint density at radius 1 is 1.30 bits per heavy atom. The third-order valence-electron chi connectivity index (χ3n) is 6.11. The molecule has 3 unspecified atom stereocenters. The van der Waals surface area contributed by atoms with Crippen LogP contribution in [0.15, 0.2) is 28.8 Å². The number of anilines is 1. The topological polar surface area (TPSA) is 101 Å². The van der Waals surface area contributed by atoms with Crippen molar-refractivity contribution in [3.05, 3.63) is 35.7 Å². The summed E-state index contributed by atoms with van der Waals surface area (Å²) in [6, 6.07) is 7.74. The van der Waals surface area contributed by atoms with Gasteiger partial charge in [-0.2, -0.15) is 0 Å². The number of carbonyl (C=O) groups excluding carboxylic acids is 1. The fourth-order valence-electron chi connectivity index (χ4n) is 4.70. The number of hydrogen-bond acceptors (Lipinski definition) is 8. The van der Waals surface area contributed by atoms with E-state index >= 15 is 0 Å². The largest absolute Gasteiger partial charge is 0.454 e. The molecule has 9 nitrogen and oxygen atoms in total. The molecule has 9 heteroatoms. The average Bonchev–Trinajstić information content (AvgIpc) is 3.48. The quantitative estimate of drug-likeness (QED) is 0.680. The van der Waals surface area contributed by atoms with E-state index in [1.54, 1.807) is 6.07 Å². The number of rotatable bonds is 5. The van der Waals surface area contributed by atoms with Crippen LogP contribution in [0.1, 0.15) is 30.2 Å². The van der Waals surface area contributed by atoms with E-state index in [4.69, 9.17) is 14.0 Å². The molecule has 160 valence electrons. The summed E-state index contributed by atoms with van der Waals surface area (Å²) in [7, 11) is 0. The molecule has 5 rings (SSSR count). The lowest BCUT2D eigenvalue weighted by Gasteiger charge is -2.36. The smallest absolute Gasteiger partial charge is 0.238 e. The van der Waals surface area contributed by atoms with Crippen LogP contribution < -0.4 is 25.6 Å². The number of fused-ring (bicyclic) bond motifs is 1. The first kappa shape index (κ1) is 19.3. The zero-order valence-electron chi connectivity index (χ0n) is 17.0. The van der Waals surface area contributed by atoms with Gasteiger partial charge >= 0.3 is 0 Å². The molecule has 1 aromatic carbocycles. The van der Waals surface area contributed by atoms with E-state index in [1.807, 2.05) is 25.1 Å². The van der Waals surface area contributed by atoms with E-state index in [9.17, 15) is 4.79 Å². The zero-order chi connectivity index (χ0) is 20.5. The number of carbonyl (C=O) groups is 1. The Morgan fingerprint density at radius 3 is 3.07 bits per heavy atom. The molecule has 0 saturated carbocycles. The lowest BCUT2D eigenvalue weighted by Crippen LogP contribution is -2.48. The maximum Gasteiger partial charge on any atom is 0.238 e. The molecule has 3 atom stereocenters. The summed E-state index contributed by atoms with van der Waals surface area (Å²) in [6.45, 7) is 5.16. The van der Waals surface area contributed by atoms with Crippen LogP contribution in [-0.4, -0.2) is 55.0 Å². The average molecular weight is 413 g/mol. The number of piperidine rings is 1. The molecule has 0 radical (unpaired) electrons. The van der Waals surface area contributed by atoms with E-state index in [-0.39, 0.29) is 24.7 Å². The predicted octanol–water partition coefficient (Wildman–Crippen LogP) is 1.62. The second-order valence-corrected chi connectivity index (χ2v) is 8.28. The predicted molar refractivity (Wildman–Crippen MR) is 109 cm³/mol. The number of benzene rings is 1. The fraction of sp³-hybridized carbons (Fsp3) is 0.524. The van der Waals surface area contributed by atoms with Crippen molar-refractivity contribution in [1.29, 1.82) is 0 Å². The minimum Gasteiger partial charge on any atom is -0.454 e. The highest BCUT2D eigenvalue weighted by Crippen LogP contribution is 2.34. The number of nitrogens with zero attached hydrogens (tertiary/aromatic N) is 2. The van der Waals surface area contributed by atoms with E-state index in [1.165, 1.54) is 0 Å². The lowest BCUT2D eigenvalue weighted by molar-refractivity contribution is -0.117. The van der Waals surface area contributed by atoms with Crippen molar-refractivity contribution in [2.24, 2.45) is 5.92 Å². The summed E-state index contributed by atoms with van der Waals surface area (Å²) >= 11 is 0. The SMILES string of the molecule is Cc1cc(C2CNNC2C2CCCN(CC(=O)Nc3ccc4c(c3)OCO4)C2)on1. The van der Waals surface area contributed by atoms with Gasteiger partial charge in [0.05, 0.1) is 18.2 Å². The molecule has 2 fully saturated rings. The van der Waals surface area contributed by atoms with E-state index in [0.717, 1.165) is 49.6 Å². The van der Waals surface area contributed by atoms with Gasteiger partial charge in [0.15, 0.2) is 11.5 Å². The lowest BCUT2D eigenvalue weighted by atomic mass is 9.83. The van der Waals surface area contributed by atoms with Gasteiger partial charge in [0, 0.05) is 37.0 Å². The molecule has 3 aliphatic heterocycles. The number of hydrogen-bond donors (Lipinski definition) is 3. The van der Waals surface area contributed by atoms with Gasteiger partial charge in [-0.25, -0.2) is 0 Å². The molecular weight excluding hydrogens is 386 g/mol. The number of aromatic nitrogens is 1. The maximum absolute atomic E-state index is 12.6. The third-order valence-corrected chi connectivity index (χ3v) is 6.11. The molecule has 2 aromatic rings. The van der Waals surface area contributed by atoms with Crippen molar-refractivity contribution in [3.8, 4) is 11.5 Å². The van der Waals surface area contributed by atoms with Gasteiger partial charge in [-0.15, -0.1) is 0 Å². The van der Waals surface area contributed by atoms with Crippen LogP contribution in [0.5, 0.6) is 11.5 Å². The van der Waals surface area contributed by atoms with Gasteiger partial charge in [0.1, 0.15) is 5.76 Å². The first-order valence-corrected chi connectivity index (χ1v) is 10.5. The Morgan fingerprint density at radius 2 is 2.20 bits per heavy atom. The molecule has 3 aliphatic rings. The summed E-state index contributed by atoms with van der Waals surface area (Å²) in [6.07, 6.45) is 2.20. The maximum atomic E-state index is 12.6. The standard InChI is InChI=1S/C21H27N5O4/c1-13-7-18(30-25-13)16-9-22-24-21(16)14-3-2-6-26(10-14)11-20(27)23-15-4-5-17-19(8-15)29-12-28-17/h4-5,7-8,14,16,21-22,24H,2-3,6,9-12H2,1H3,(H,23,27). The van der Waals surface area contributed by atoms with Crippen LogP contribution in [0.3, 0.4) is 0 Å². The first-order chi connectivity index (χ1) is 14.7. The molecule has 3 N–H and O–H groups in total. The van der Waals surface area contributed by atoms with Gasteiger partial charge in [-0.05, 0) is 44.4 Å². The van der Waals surface area contributed by atoms with Crippen molar-refractivity contribution in [1.82, 2.24) is 20.9 Å². The molecule has 0 aliphatic carbocycles. The number of ether oxygens (including phenoxy) is 2. The van der Waals surface area contributed by atoms with Gasteiger partial charge in [-0.1, -0.05) is 5.16 Å². The molecular formula is C21H27N5O4. The Labute approximate surface area is 175 Å². The van der Waals surface area contributed by atoms with Gasteiger partial charge < -0.3 is 19.3 Å². The summed E-state index contributed by atoms with van der Waals surface area (Å²) < 4.78 is 16.2. The summed E-state index contributed by atoms with van der Waals surface area (Å²) in [5.74, 6) is 2.96. The number of amides is 1. The van der Waals surface area contributed by atoms with Gasteiger partial charge in [0.25, 0.3) is 0 Å². The summed E-state index contributed by atoms with van der Waals surface area (Å²) in [4.78, 5) is 14.9. The highest BCUT2D eigenvalue weighted by atomic mass is 16.7. The van der Waals surface area contributed by atoms with Gasteiger partial charge in [-0.3, -0.25) is 20.5 Å². The van der Waals surface area contributed by atoms with Crippen LogP contribution in [0.4, 0.5) is 5.69 Å². The molecule has 0 bridgehead atoms. The van der Waals surface area contributed by atoms with Crippen molar-refractivity contribution in [3.63, 3.8) is 0 Å². The Bertz CT molecular complexity index is 917. The second-order valence-electron chi connectivity index (χ2n) is 8.28. The van der Waals surface area contributed by atoms with Crippen LogP contribution in [0, 0.1) is 12.8 Å². The normalized spacial score (nSPS) is 26.1. The zero-order valence-corrected chi connectivity index (χ0v) is 17.0. The highest BCUT2D eigenvalue weighted by Gasteiger charge is 2.38. The molecule has 2 saturated heterocycles. The van der Waals surface area contributed by atoms with Crippen LogP contribution >= 0.6 is 0 Å². The molecule has 4 heterocycles. The summed E-state index contributed by atoms with van der Waals surface area (Å²) in [5, 5.41) is 7.02. The number of hydrazine groups is 1. The van der Waals surface area contributed by atoms with E-state index in [2.05, 4.69) is 26.2 Å². The third kappa shape index (κ3) is 4.00. The monoisotopic (exact) mass is 413 g/mol. The van der Waals surface area contributed by atoms with E-state index < -0.39 is 0 Å². The number of aryl methyl sites for hydroxylation is 1. The van der Waals surface area contributed by atoms with Crippen LogP contribution in [-0.2, 0) is 4.79 Å². The molecule has 1 aromatic heterocycles. The molecule has 30 heavy (non-hydrogen) atoms. The minimum absolute atomic E-state index is 0.0190. The van der Waals surface area contributed by atoms with Crippen molar-refractivity contribution >= 4 is 11.6 Å². The van der Waals surface area contributed by atoms with Gasteiger partial charge in [0.2, 0.25) is 12.7 Å². The van der Waals surface area contributed by atoms with E-state index in [0.29, 0.717) is 24.0 Å². The fourth-order valence-corrected chi connectivity index (χ4v) is 4.70. The van der Waals surface area contributed by atoms with Crippen LogP contribution in [0.25, 0.3) is 0 Å².